The lowest BCUT2D eigenvalue weighted by molar-refractivity contribution is 0.102. The van der Waals surface area contributed by atoms with Crippen LogP contribution in [0.25, 0.3) is 5.65 Å². The highest BCUT2D eigenvalue weighted by Gasteiger charge is 2.20. The van der Waals surface area contributed by atoms with E-state index in [-0.39, 0.29) is 10.8 Å². The summed E-state index contributed by atoms with van der Waals surface area (Å²) in [7, 11) is -3.85. The molecule has 0 saturated heterocycles. The van der Waals surface area contributed by atoms with Crippen molar-refractivity contribution < 1.29 is 22.7 Å². The molecule has 2 aromatic carbocycles. The van der Waals surface area contributed by atoms with Crippen LogP contribution in [0.4, 0.5) is 11.4 Å². The Kier molecular flexibility index (Phi) is 5.54. The second kappa shape index (κ2) is 8.67. The van der Waals surface area contributed by atoms with Gasteiger partial charge in [0.2, 0.25) is 0 Å². The van der Waals surface area contributed by atoms with E-state index < -0.39 is 10.0 Å². The molecular formula is C23H21N5O5S. The van der Waals surface area contributed by atoms with E-state index in [1.165, 1.54) is 12.1 Å². The molecule has 1 aliphatic rings. The van der Waals surface area contributed by atoms with Gasteiger partial charge in [0.25, 0.3) is 15.9 Å². The molecule has 0 spiro atoms. The van der Waals surface area contributed by atoms with E-state index in [1.807, 2.05) is 0 Å². The van der Waals surface area contributed by atoms with Crippen molar-refractivity contribution in [3.05, 3.63) is 72.2 Å². The van der Waals surface area contributed by atoms with Gasteiger partial charge in [-0.15, -0.1) is 0 Å². The van der Waals surface area contributed by atoms with Gasteiger partial charge in [0.15, 0.2) is 17.1 Å². The summed E-state index contributed by atoms with van der Waals surface area (Å²) in [4.78, 5) is 17.1. The van der Waals surface area contributed by atoms with Crippen LogP contribution in [-0.2, 0) is 10.0 Å². The van der Waals surface area contributed by atoms with Crippen LogP contribution < -0.4 is 19.5 Å². The van der Waals surface area contributed by atoms with E-state index in [2.05, 4.69) is 20.1 Å². The molecular weight excluding hydrogens is 458 g/mol. The maximum Gasteiger partial charge on any atom is 0.262 e. The van der Waals surface area contributed by atoms with E-state index in [9.17, 15) is 13.2 Å². The van der Waals surface area contributed by atoms with Gasteiger partial charge in [-0.1, -0.05) is 0 Å². The molecule has 10 nitrogen and oxygen atoms in total. The van der Waals surface area contributed by atoms with Crippen LogP contribution in [0.15, 0.2) is 65.8 Å². The van der Waals surface area contributed by atoms with Crippen LogP contribution in [0, 0.1) is 6.92 Å². The number of sulfonamides is 1. The Bertz CT molecular complexity index is 1480. The molecule has 2 aromatic heterocycles. The molecule has 0 bridgehead atoms. The third kappa shape index (κ3) is 4.25. The first-order valence-electron chi connectivity index (χ1n) is 10.5. The van der Waals surface area contributed by atoms with E-state index in [4.69, 9.17) is 9.47 Å². The molecule has 2 N–H and O–H groups in total. The molecule has 34 heavy (non-hydrogen) atoms. The third-order valence-electron chi connectivity index (χ3n) is 5.22. The fourth-order valence-corrected chi connectivity index (χ4v) is 4.68. The van der Waals surface area contributed by atoms with Crippen LogP contribution >= 0.6 is 0 Å². The zero-order valence-electron chi connectivity index (χ0n) is 18.2. The Morgan fingerprint density at radius 2 is 1.76 bits per heavy atom. The first-order valence-corrected chi connectivity index (χ1v) is 12.0. The van der Waals surface area contributed by atoms with Crippen LogP contribution in [0.1, 0.15) is 22.5 Å². The highest BCUT2D eigenvalue weighted by Crippen LogP contribution is 2.32. The van der Waals surface area contributed by atoms with Gasteiger partial charge in [-0.25, -0.2) is 17.9 Å². The van der Waals surface area contributed by atoms with Gasteiger partial charge in [0.1, 0.15) is 5.56 Å². The molecule has 0 fully saturated rings. The lowest BCUT2D eigenvalue weighted by Crippen LogP contribution is -2.14. The number of benzene rings is 2. The van der Waals surface area contributed by atoms with Crippen LogP contribution in [-0.4, -0.2) is 42.1 Å². The molecule has 0 saturated carbocycles. The number of rotatable bonds is 5. The average Bonchev–Trinajstić information content (AvgIpc) is 2.98. The predicted molar refractivity (Wildman–Crippen MR) is 125 cm³/mol. The number of nitrogens with one attached hydrogen (secondary N) is 2. The third-order valence-corrected chi connectivity index (χ3v) is 6.60. The lowest BCUT2D eigenvalue weighted by Gasteiger charge is -2.12. The summed E-state index contributed by atoms with van der Waals surface area (Å²) in [6.45, 7) is 2.72. The fourth-order valence-electron chi connectivity index (χ4n) is 3.60. The minimum absolute atomic E-state index is 0.0604. The maximum atomic E-state index is 12.9. The molecule has 1 aliphatic heterocycles. The second-order valence-electron chi connectivity index (χ2n) is 7.64. The summed E-state index contributed by atoms with van der Waals surface area (Å²) in [6.07, 6.45) is 4.04. The number of amides is 1. The number of aryl methyl sites for hydroxylation is 1. The molecule has 5 rings (SSSR count). The molecule has 0 unspecified atom stereocenters. The molecule has 3 heterocycles. The van der Waals surface area contributed by atoms with Crippen molar-refractivity contribution in [2.75, 3.05) is 23.3 Å². The number of nitrogens with zero attached hydrogens (tertiary/aromatic N) is 3. The van der Waals surface area contributed by atoms with E-state index in [1.54, 1.807) is 60.2 Å². The van der Waals surface area contributed by atoms with Crippen molar-refractivity contribution in [3.8, 4) is 11.5 Å². The number of carbonyl (C=O) groups is 1. The zero-order chi connectivity index (χ0) is 23.7. The first kappa shape index (κ1) is 21.7. The van der Waals surface area contributed by atoms with Crippen LogP contribution in [0.3, 0.4) is 0 Å². The minimum atomic E-state index is -3.85. The van der Waals surface area contributed by atoms with Crippen molar-refractivity contribution in [3.63, 3.8) is 0 Å². The molecule has 174 valence electrons. The molecule has 0 atom stereocenters. The topological polar surface area (TPSA) is 124 Å². The molecule has 0 aliphatic carbocycles. The Balaban J connectivity index is 1.31. The molecule has 11 heteroatoms. The number of anilines is 2. The van der Waals surface area contributed by atoms with Crippen molar-refractivity contribution in [2.24, 2.45) is 0 Å². The molecule has 1 amide bonds. The Morgan fingerprint density at radius 3 is 2.56 bits per heavy atom. The van der Waals surface area contributed by atoms with Crippen molar-refractivity contribution in [1.82, 2.24) is 14.6 Å². The number of ether oxygens (including phenoxy) is 2. The van der Waals surface area contributed by atoms with Gasteiger partial charge >= 0.3 is 0 Å². The summed E-state index contributed by atoms with van der Waals surface area (Å²) in [5.74, 6) is 0.566. The molecule has 0 radical (unpaired) electrons. The Morgan fingerprint density at radius 1 is 1.03 bits per heavy atom. The SMILES string of the molecule is Cc1nn2cccnc2c1C(=O)Nc1ccc(NS(=O)(=O)c2ccc3c(c2)OCCCO3)cc1. The van der Waals surface area contributed by atoms with Gasteiger partial charge in [-0.3, -0.25) is 9.52 Å². The monoisotopic (exact) mass is 479 g/mol. The van der Waals surface area contributed by atoms with Crippen molar-refractivity contribution in [2.45, 2.75) is 18.2 Å². The predicted octanol–water partition coefficient (Wildman–Crippen LogP) is 3.25. The second-order valence-corrected chi connectivity index (χ2v) is 9.33. The largest absolute Gasteiger partial charge is 0.490 e. The lowest BCUT2D eigenvalue weighted by atomic mass is 10.2. The van der Waals surface area contributed by atoms with Gasteiger partial charge in [0, 0.05) is 36.3 Å². The summed E-state index contributed by atoms with van der Waals surface area (Å²) in [5.41, 5.74) is 2.23. The number of carbonyl (C=O) groups excluding carboxylic acids is 1. The smallest absolute Gasteiger partial charge is 0.262 e. The zero-order valence-corrected chi connectivity index (χ0v) is 19.0. The van der Waals surface area contributed by atoms with E-state index >= 15 is 0 Å². The quantitative estimate of drug-likeness (QED) is 0.450. The van der Waals surface area contributed by atoms with Crippen LogP contribution in [0.5, 0.6) is 11.5 Å². The number of hydrogen-bond donors (Lipinski definition) is 2. The Hall–Kier alpha value is -4.12. The number of aromatic nitrogens is 3. The van der Waals surface area contributed by atoms with Crippen molar-refractivity contribution >= 4 is 33.0 Å². The van der Waals surface area contributed by atoms with E-state index in [0.29, 0.717) is 53.0 Å². The van der Waals surface area contributed by atoms with Gasteiger partial charge < -0.3 is 14.8 Å². The summed E-state index contributed by atoms with van der Waals surface area (Å²) in [5, 5.41) is 7.09. The highest BCUT2D eigenvalue weighted by atomic mass is 32.2. The number of fused-ring (bicyclic) bond motifs is 2. The highest BCUT2D eigenvalue weighted by molar-refractivity contribution is 7.92. The minimum Gasteiger partial charge on any atom is -0.490 e. The Labute approximate surface area is 195 Å². The van der Waals surface area contributed by atoms with Gasteiger partial charge in [-0.05, 0) is 49.4 Å². The summed E-state index contributed by atoms with van der Waals surface area (Å²) >= 11 is 0. The van der Waals surface area contributed by atoms with E-state index in [0.717, 1.165) is 6.42 Å². The van der Waals surface area contributed by atoms with Crippen LogP contribution in [0.2, 0.25) is 0 Å². The maximum absolute atomic E-state index is 12.9. The summed E-state index contributed by atoms with van der Waals surface area (Å²) < 4.78 is 40.9. The first-order chi connectivity index (χ1) is 16.4. The number of hydrogen-bond acceptors (Lipinski definition) is 7. The molecule has 4 aromatic rings. The van der Waals surface area contributed by atoms with Gasteiger partial charge in [-0.2, -0.15) is 5.10 Å². The van der Waals surface area contributed by atoms with Gasteiger partial charge in [0.05, 0.1) is 23.8 Å². The fraction of sp³-hybridized carbons (Fsp3) is 0.174. The normalized spacial score (nSPS) is 13.3. The standard InChI is InChI=1S/C23H21N5O5S/c1-15-21(22-24-10-2-11-28(22)26-15)23(29)25-16-4-6-17(7-5-16)27-34(30,31)18-8-9-19-20(14-18)33-13-3-12-32-19/h2,4-11,14,27H,3,12-13H2,1H3,(H,25,29). The average molecular weight is 480 g/mol. The summed E-state index contributed by atoms with van der Waals surface area (Å²) in [6, 6.07) is 12.6. The van der Waals surface area contributed by atoms with Crippen molar-refractivity contribution in [1.29, 1.82) is 0 Å².